The molecule has 0 amide bonds. The van der Waals surface area contributed by atoms with E-state index < -0.39 is 0 Å². The molecule has 8 nitrogen and oxygen atoms in total. The fourth-order valence-corrected chi connectivity index (χ4v) is 3.13. The molecule has 0 aliphatic heterocycles. The first-order chi connectivity index (χ1) is 15.0. The summed E-state index contributed by atoms with van der Waals surface area (Å²) >= 11 is 0. The van der Waals surface area contributed by atoms with Crippen LogP contribution in [-0.4, -0.2) is 31.2 Å². The van der Waals surface area contributed by atoms with Crippen LogP contribution in [0.15, 0.2) is 61.4 Å². The van der Waals surface area contributed by atoms with Crippen LogP contribution >= 0.6 is 0 Å². The topological polar surface area (TPSA) is 103 Å². The number of rotatable bonds is 8. The van der Waals surface area contributed by atoms with Gasteiger partial charge in [-0.05, 0) is 37.1 Å². The summed E-state index contributed by atoms with van der Waals surface area (Å²) in [7, 11) is 0. The van der Waals surface area contributed by atoms with Crippen LogP contribution in [0.4, 0.5) is 16.0 Å². The Bertz CT molecular complexity index is 1220. The smallest absolute Gasteiger partial charge is 0.318 e. The van der Waals surface area contributed by atoms with Gasteiger partial charge in [-0.15, -0.1) is 11.7 Å². The van der Waals surface area contributed by atoms with Gasteiger partial charge in [-0.1, -0.05) is 18.2 Å². The van der Waals surface area contributed by atoms with Crippen molar-refractivity contribution in [2.75, 3.05) is 17.7 Å². The molecule has 3 heterocycles. The minimum Gasteiger partial charge on any atom is -0.463 e. The number of fused-ring (bicyclic) bond motifs is 1. The van der Waals surface area contributed by atoms with Crippen molar-refractivity contribution in [1.29, 1.82) is 0 Å². The van der Waals surface area contributed by atoms with Crippen molar-refractivity contribution in [3.8, 4) is 17.3 Å². The molecule has 0 radical (unpaired) electrons. The number of anilines is 2. The van der Waals surface area contributed by atoms with Crippen LogP contribution in [0, 0.1) is 5.82 Å². The van der Waals surface area contributed by atoms with Crippen LogP contribution < -0.4 is 15.8 Å². The molecule has 0 saturated heterocycles. The van der Waals surface area contributed by atoms with Crippen LogP contribution in [0.3, 0.4) is 0 Å². The van der Waals surface area contributed by atoms with Crippen molar-refractivity contribution in [1.82, 2.24) is 24.6 Å². The van der Waals surface area contributed by atoms with E-state index in [2.05, 4.69) is 31.9 Å². The number of halogens is 1. The molecule has 0 unspecified atom stereocenters. The molecule has 3 aromatic heterocycles. The van der Waals surface area contributed by atoms with E-state index in [0.717, 1.165) is 5.56 Å². The molecule has 31 heavy (non-hydrogen) atoms. The van der Waals surface area contributed by atoms with Crippen LogP contribution in [0.5, 0.6) is 6.01 Å². The van der Waals surface area contributed by atoms with Crippen molar-refractivity contribution in [3.05, 3.63) is 72.8 Å². The number of nitrogen functional groups attached to an aromatic ring is 1. The summed E-state index contributed by atoms with van der Waals surface area (Å²) in [5.41, 5.74) is 8.78. The van der Waals surface area contributed by atoms with E-state index in [9.17, 15) is 4.39 Å². The van der Waals surface area contributed by atoms with Gasteiger partial charge in [0.1, 0.15) is 11.6 Å². The number of hydrogen-bond acceptors (Lipinski definition) is 7. The number of hydrogen-bond donors (Lipinski definition) is 2. The Morgan fingerprint density at radius 2 is 2.13 bits per heavy atom. The SMILES string of the molecule is C=CCCOc1nc(N[C@@H](C)c2ccc(F)cc2)cc(-c2c(N)nn3cccnc23)n1.[HH].[HH].[HH]. The number of aromatic nitrogens is 5. The molecular weight excluding hydrogens is 397 g/mol. The van der Waals surface area contributed by atoms with E-state index in [1.165, 1.54) is 12.1 Å². The Morgan fingerprint density at radius 1 is 1.32 bits per heavy atom. The molecular formula is C22H28FN7O. The molecule has 9 heteroatoms. The van der Waals surface area contributed by atoms with Gasteiger partial charge in [-0.25, -0.2) is 13.9 Å². The third-order valence-electron chi connectivity index (χ3n) is 4.67. The minimum absolute atomic E-state index is 0. The minimum atomic E-state index is -0.283. The van der Waals surface area contributed by atoms with E-state index in [1.54, 1.807) is 47.3 Å². The zero-order valence-electron chi connectivity index (χ0n) is 17.0. The number of nitrogens with one attached hydrogen (secondary N) is 1. The molecule has 164 valence electrons. The molecule has 4 aromatic rings. The molecule has 3 N–H and O–H groups in total. The van der Waals surface area contributed by atoms with Crippen molar-refractivity contribution >= 4 is 17.3 Å². The molecule has 0 fully saturated rings. The molecule has 0 saturated carbocycles. The quantitative estimate of drug-likeness (QED) is 0.309. The van der Waals surface area contributed by atoms with Crippen LogP contribution in [0.2, 0.25) is 0 Å². The summed E-state index contributed by atoms with van der Waals surface area (Å²) in [5, 5.41) is 7.62. The third kappa shape index (κ3) is 4.45. The summed E-state index contributed by atoms with van der Waals surface area (Å²) in [4.78, 5) is 13.4. The van der Waals surface area contributed by atoms with Crippen LogP contribution in [0.25, 0.3) is 16.9 Å². The Morgan fingerprint density at radius 3 is 2.90 bits per heavy atom. The molecule has 0 aliphatic rings. The summed E-state index contributed by atoms with van der Waals surface area (Å²) in [6.45, 7) is 6.04. The lowest BCUT2D eigenvalue weighted by molar-refractivity contribution is 0.300. The lowest BCUT2D eigenvalue weighted by Gasteiger charge is -2.16. The number of benzene rings is 1. The van der Waals surface area contributed by atoms with Crippen LogP contribution in [-0.2, 0) is 0 Å². The zero-order valence-corrected chi connectivity index (χ0v) is 17.0. The van der Waals surface area contributed by atoms with Crippen molar-refractivity contribution in [2.24, 2.45) is 0 Å². The van der Waals surface area contributed by atoms with Gasteiger partial charge < -0.3 is 15.8 Å². The number of nitrogens with zero attached hydrogens (tertiary/aromatic N) is 5. The molecule has 1 atom stereocenters. The van der Waals surface area contributed by atoms with Gasteiger partial charge in [0, 0.05) is 28.8 Å². The highest BCUT2D eigenvalue weighted by Crippen LogP contribution is 2.31. The second-order valence-electron chi connectivity index (χ2n) is 6.91. The third-order valence-corrected chi connectivity index (χ3v) is 4.67. The first-order valence-corrected chi connectivity index (χ1v) is 9.79. The molecule has 0 spiro atoms. The van der Waals surface area contributed by atoms with Gasteiger partial charge in [0.2, 0.25) is 0 Å². The monoisotopic (exact) mass is 425 g/mol. The van der Waals surface area contributed by atoms with Gasteiger partial charge in [0.05, 0.1) is 17.9 Å². The Balaban J connectivity index is 0.00000193. The van der Waals surface area contributed by atoms with Crippen molar-refractivity contribution < 1.29 is 13.4 Å². The number of nitrogens with two attached hydrogens (primary N) is 1. The summed E-state index contributed by atoms with van der Waals surface area (Å²) in [6.07, 6.45) is 5.84. The first-order valence-electron chi connectivity index (χ1n) is 9.79. The van der Waals surface area contributed by atoms with Gasteiger partial charge >= 0.3 is 6.01 Å². The summed E-state index contributed by atoms with van der Waals surface area (Å²) < 4.78 is 20.6. The fraction of sp³-hybridized carbons (Fsp3) is 0.182. The maximum absolute atomic E-state index is 13.3. The van der Waals surface area contributed by atoms with E-state index in [-0.39, 0.29) is 22.1 Å². The maximum Gasteiger partial charge on any atom is 0.318 e. The summed E-state index contributed by atoms with van der Waals surface area (Å²) in [5.74, 6) is 0.548. The first kappa shape index (κ1) is 20.3. The predicted octanol–water partition coefficient (Wildman–Crippen LogP) is 4.77. The van der Waals surface area contributed by atoms with E-state index in [0.29, 0.717) is 41.6 Å². The van der Waals surface area contributed by atoms with Crippen molar-refractivity contribution in [3.63, 3.8) is 0 Å². The molecule has 0 bridgehead atoms. The molecule has 1 aromatic carbocycles. The molecule has 4 rings (SSSR count). The average molecular weight is 426 g/mol. The van der Waals surface area contributed by atoms with Crippen LogP contribution in [0.1, 0.15) is 29.2 Å². The second kappa shape index (κ2) is 8.78. The maximum atomic E-state index is 13.3. The lowest BCUT2D eigenvalue weighted by Crippen LogP contribution is -2.10. The fourth-order valence-electron chi connectivity index (χ4n) is 3.13. The number of ether oxygens (including phenoxy) is 1. The molecule has 0 aliphatic carbocycles. The lowest BCUT2D eigenvalue weighted by atomic mass is 10.1. The van der Waals surface area contributed by atoms with Crippen molar-refractivity contribution in [2.45, 2.75) is 19.4 Å². The Hall–Kier alpha value is -4.01. The Labute approximate surface area is 183 Å². The highest BCUT2D eigenvalue weighted by Gasteiger charge is 2.18. The van der Waals surface area contributed by atoms with Gasteiger partial charge in [0.25, 0.3) is 0 Å². The largest absolute Gasteiger partial charge is 0.463 e. The zero-order chi connectivity index (χ0) is 21.8. The van der Waals surface area contributed by atoms with Gasteiger partial charge in [-0.3, -0.25) is 0 Å². The van der Waals surface area contributed by atoms with Gasteiger partial charge in [-0.2, -0.15) is 9.97 Å². The van der Waals surface area contributed by atoms with E-state index >= 15 is 0 Å². The normalized spacial score (nSPS) is 11.9. The van der Waals surface area contributed by atoms with E-state index in [1.807, 2.05) is 6.92 Å². The average Bonchev–Trinajstić information content (AvgIpc) is 3.10. The Kier molecular flexibility index (Phi) is 5.74. The highest BCUT2D eigenvalue weighted by molar-refractivity contribution is 5.85. The standard InChI is InChI=1S/C22H22FN7O.3H2/c1-3-4-12-31-22-27-17(19-20(24)29-30-11-5-10-25-21(19)30)13-18(28-22)26-14(2)15-6-8-16(23)9-7-15;;;/h3,5-11,13-14H,1,4,12H2,2H3,(H2,24,29)(H,26,27,28);3*1H/t14-;;;/m0.../s1. The van der Waals surface area contributed by atoms with Gasteiger partial charge in [0.15, 0.2) is 11.5 Å². The highest BCUT2D eigenvalue weighted by atomic mass is 19.1. The second-order valence-corrected chi connectivity index (χ2v) is 6.91. The van der Waals surface area contributed by atoms with E-state index in [4.69, 9.17) is 10.5 Å². The summed E-state index contributed by atoms with van der Waals surface area (Å²) in [6, 6.07) is 9.90. The predicted molar refractivity (Wildman–Crippen MR) is 124 cm³/mol.